The molecule has 0 spiro atoms. The summed E-state index contributed by atoms with van der Waals surface area (Å²) in [4.78, 5) is 4.09. The molecule has 0 N–H and O–H groups in total. The summed E-state index contributed by atoms with van der Waals surface area (Å²) < 4.78 is 14.5. The predicted octanol–water partition coefficient (Wildman–Crippen LogP) is 4.67. The highest BCUT2D eigenvalue weighted by Crippen LogP contribution is 2.44. The summed E-state index contributed by atoms with van der Waals surface area (Å²) in [6.45, 7) is 0. The molecule has 1 saturated carbocycles. The maximum absolute atomic E-state index is 13.7. The van der Waals surface area contributed by atoms with Crippen molar-refractivity contribution in [3.05, 3.63) is 39.2 Å². The Bertz CT molecular complexity index is 581. The molecular formula is C12H8BrClFN. The zero-order chi connectivity index (χ0) is 11.3. The van der Waals surface area contributed by atoms with Crippen LogP contribution in [0.1, 0.15) is 24.3 Å². The van der Waals surface area contributed by atoms with Crippen molar-refractivity contribution in [3.63, 3.8) is 0 Å². The van der Waals surface area contributed by atoms with Crippen LogP contribution in [0.25, 0.3) is 10.9 Å². The van der Waals surface area contributed by atoms with Gasteiger partial charge in [0.2, 0.25) is 0 Å². The summed E-state index contributed by atoms with van der Waals surface area (Å²) in [5, 5.41) is 1.44. The Balaban J connectivity index is 2.37. The Labute approximate surface area is 106 Å². The third-order valence-electron chi connectivity index (χ3n) is 2.89. The first-order valence-electron chi connectivity index (χ1n) is 5.10. The number of aromatic nitrogens is 1. The molecule has 0 saturated heterocycles. The average molecular weight is 301 g/mol. The van der Waals surface area contributed by atoms with Crippen LogP contribution < -0.4 is 0 Å². The number of halogens is 3. The molecule has 1 nitrogen and oxygen atoms in total. The second-order valence-corrected chi connectivity index (χ2v) is 5.34. The highest BCUT2D eigenvalue weighted by atomic mass is 79.9. The van der Waals surface area contributed by atoms with Crippen LogP contribution in [0.5, 0.6) is 0 Å². The minimum Gasteiger partial charge on any atom is -0.253 e. The summed E-state index contributed by atoms with van der Waals surface area (Å²) in [6.07, 6.45) is 3.42. The van der Waals surface area contributed by atoms with E-state index in [1.807, 2.05) is 6.07 Å². The third kappa shape index (κ3) is 1.62. The lowest BCUT2D eigenvalue weighted by atomic mass is 10.0. The molecule has 0 radical (unpaired) electrons. The van der Waals surface area contributed by atoms with Crippen molar-refractivity contribution in [3.8, 4) is 0 Å². The van der Waals surface area contributed by atoms with E-state index < -0.39 is 0 Å². The van der Waals surface area contributed by atoms with Gasteiger partial charge >= 0.3 is 0 Å². The predicted molar refractivity (Wildman–Crippen MR) is 66.4 cm³/mol. The normalized spacial score (nSPS) is 15.7. The molecule has 16 heavy (non-hydrogen) atoms. The maximum atomic E-state index is 13.7. The lowest BCUT2D eigenvalue weighted by molar-refractivity contribution is 0.608. The summed E-state index contributed by atoms with van der Waals surface area (Å²) in [6, 6.07) is 3.63. The smallest absolute Gasteiger partial charge is 0.145 e. The number of hydrogen-bond acceptors (Lipinski definition) is 1. The molecule has 1 aliphatic carbocycles. The molecule has 2 aromatic rings. The Hall–Kier alpha value is -0.670. The van der Waals surface area contributed by atoms with E-state index in [2.05, 4.69) is 20.9 Å². The van der Waals surface area contributed by atoms with Crippen LogP contribution in [0.4, 0.5) is 4.39 Å². The number of hydrogen-bond donors (Lipinski definition) is 0. The number of benzene rings is 1. The van der Waals surface area contributed by atoms with E-state index >= 15 is 0 Å². The molecule has 1 aliphatic rings. The van der Waals surface area contributed by atoms with E-state index in [0.29, 0.717) is 10.9 Å². The van der Waals surface area contributed by atoms with Gasteiger partial charge < -0.3 is 0 Å². The molecule has 1 fully saturated rings. The van der Waals surface area contributed by atoms with Gasteiger partial charge in [-0.05, 0) is 46.8 Å². The molecule has 1 aromatic carbocycles. The topological polar surface area (TPSA) is 12.9 Å². The Morgan fingerprint density at radius 2 is 2.12 bits per heavy atom. The quantitative estimate of drug-likeness (QED) is 0.746. The van der Waals surface area contributed by atoms with Crippen molar-refractivity contribution in [2.75, 3.05) is 0 Å². The van der Waals surface area contributed by atoms with E-state index in [1.54, 1.807) is 6.07 Å². The molecule has 4 heteroatoms. The molecule has 0 aliphatic heterocycles. The van der Waals surface area contributed by atoms with Crippen LogP contribution in [-0.4, -0.2) is 4.98 Å². The molecular weight excluding hydrogens is 292 g/mol. The Kier molecular flexibility index (Phi) is 2.41. The summed E-state index contributed by atoms with van der Waals surface area (Å²) in [5.74, 6) is 0.135. The summed E-state index contributed by atoms with van der Waals surface area (Å²) in [7, 11) is 0. The minimum atomic E-state index is -0.214. The molecule has 0 amide bonds. The van der Waals surface area contributed by atoms with E-state index in [-0.39, 0.29) is 5.82 Å². The fourth-order valence-electron chi connectivity index (χ4n) is 1.97. The van der Waals surface area contributed by atoms with Crippen LogP contribution in [-0.2, 0) is 0 Å². The van der Waals surface area contributed by atoms with Crippen LogP contribution in [0, 0.1) is 5.82 Å². The van der Waals surface area contributed by atoms with Gasteiger partial charge in [-0.2, -0.15) is 0 Å². The van der Waals surface area contributed by atoms with E-state index in [1.165, 1.54) is 6.20 Å². The van der Waals surface area contributed by atoms with Gasteiger partial charge in [0.15, 0.2) is 0 Å². The van der Waals surface area contributed by atoms with Gasteiger partial charge in [0, 0.05) is 15.4 Å². The van der Waals surface area contributed by atoms with Gasteiger partial charge in [-0.15, -0.1) is 0 Å². The molecule has 0 unspecified atom stereocenters. The third-order valence-corrected chi connectivity index (χ3v) is 4.09. The lowest BCUT2D eigenvalue weighted by Crippen LogP contribution is -1.92. The summed E-state index contributed by atoms with van der Waals surface area (Å²) >= 11 is 9.39. The Morgan fingerprint density at radius 1 is 1.38 bits per heavy atom. The summed E-state index contributed by atoms with van der Waals surface area (Å²) in [5.41, 5.74) is 1.57. The van der Waals surface area contributed by atoms with Crippen LogP contribution in [0.15, 0.2) is 22.8 Å². The average Bonchev–Trinajstić information content (AvgIpc) is 3.04. The monoisotopic (exact) mass is 299 g/mol. The first kappa shape index (κ1) is 10.5. The lowest BCUT2D eigenvalue weighted by Gasteiger charge is -2.07. The number of fused-ring (bicyclic) bond motifs is 1. The fraction of sp³-hybridized carbons (Fsp3) is 0.250. The van der Waals surface area contributed by atoms with Crippen molar-refractivity contribution in [2.45, 2.75) is 18.8 Å². The molecule has 1 aromatic heterocycles. The van der Waals surface area contributed by atoms with E-state index in [4.69, 9.17) is 11.6 Å². The van der Waals surface area contributed by atoms with Gasteiger partial charge in [0.1, 0.15) is 5.82 Å². The zero-order valence-electron chi connectivity index (χ0n) is 8.30. The van der Waals surface area contributed by atoms with E-state index in [9.17, 15) is 4.39 Å². The molecule has 1 heterocycles. The Morgan fingerprint density at radius 3 is 2.81 bits per heavy atom. The first-order valence-corrected chi connectivity index (χ1v) is 6.27. The number of pyridine rings is 1. The standard InChI is InChI=1S/C12H8BrClFN/c13-8-4-11-7(3-9(8)14)12(6-1-2-6)10(15)5-16-11/h3-6H,1-2H2. The number of nitrogens with zero attached hydrogens (tertiary/aromatic N) is 1. The van der Waals surface area contributed by atoms with Crippen molar-refractivity contribution in [2.24, 2.45) is 0 Å². The van der Waals surface area contributed by atoms with E-state index in [0.717, 1.165) is 33.8 Å². The van der Waals surface area contributed by atoms with Gasteiger partial charge in [0.25, 0.3) is 0 Å². The van der Waals surface area contributed by atoms with Crippen LogP contribution >= 0.6 is 27.5 Å². The number of rotatable bonds is 1. The second-order valence-electron chi connectivity index (χ2n) is 4.08. The zero-order valence-corrected chi connectivity index (χ0v) is 10.6. The molecule has 82 valence electrons. The first-order chi connectivity index (χ1) is 7.66. The van der Waals surface area contributed by atoms with Crippen LogP contribution in [0.2, 0.25) is 5.02 Å². The van der Waals surface area contributed by atoms with Crippen molar-refractivity contribution in [1.82, 2.24) is 4.98 Å². The molecule has 0 bridgehead atoms. The second kappa shape index (κ2) is 3.67. The molecule has 0 atom stereocenters. The highest BCUT2D eigenvalue weighted by Gasteiger charge is 2.28. The SMILES string of the molecule is Fc1cnc2cc(Br)c(Cl)cc2c1C1CC1. The van der Waals surface area contributed by atoms with Gasteiger partial charge in [0.05, 0.1) is 16.7 Å². The highest BCUT2D eigenvalue weighted by molar-refractivity contribution is 9.10. The minimum absolute atomic E-state index is 0.214. The maximum Gasteiger partial charge on any atom is 0.145 e. The van der Waals surface area contributed by atoms with Gasteiger partial charge in [-0.1, -0.05) is 11.6 Å². The largest absolute Gasteiger partial charge is 0.253 e. The van der Waals surface area contributed by atoms with Gasteiger partial charge in [-0.25, -0.2) is 4.39 Å². The molecule has 3 rings (SSSR count). The van der Waals surface area contributed by atoms with Crippen LogP contribution in [0.3, 0.4) is 0 Å². The van der Waals surface area contributed by atoms with Crippen molar-refractivity contribution >= 4 is 38.4 Å². The van der Waals surface area contributed by atoms with Crippen molar-refractivity contribution in [1.29, 1.82) is 0 Å². The van der Waals surface area contributed by atoms with Gasteiger partial charge in [-0.3, -0.25) is 4.98 Å². The van der Waals surface area contributed by atoms with Crippen molar-refractivity contribution < 1.29 is 4.39 Å². The fourth-order valence-corrected chi connectivity index (χ4v) is 2.47.